The average Bonchev–Trinajstić information content (AvgIpc) is 3.33. The minimum atomic E-state index is 0.273. The van der Waals surface area contributed by atoms with Gasteiger partial charge in [-0.1, -0.05) is 55.7 Å². The molecule has 5 rings (SSSR count). The van der Waals surface area contributed by atoms with Crippen molar-refractivity contribution in [3.8, 4) is 16.9 Å². The standard InChI is InChI=1S/C28H34N6O/c1-19(2)34-18-30-25-26(32-28(33-27(25)34)31-23-9-5-4-6-10-23)29-17-20-12-14-21(15-13-20)22-8-7-11-24(16-22)35-3/h7-8,11-16,18-19,23H,4-6,9-10,17H2,1-3H3,(H2,29,31,32,33). The van der Waals surface area contributed by atoms with E-state index in [2.05, 4.69) is 70.4 Å². The summed E-state index contributed by atoms with van der Waals surface area (Å²) in [7, 11) is 1.69. The highest BCUT2D eigenvalue weighted by Gasteiger charge is 2.18. The zero-order chi connectivity index (χ0) is 24.2. The Hall–Kier alpha value is -3.61. The van der Waals surface area contributed by atoms with Gasteiger partial charge in [0.25, 0.3) is 0 Å². The van der Waals surface area contributed by atoms with Gasteiger partial charge in [-0.25, -0.2) is 4.98 Å². The van der Waals surface area contributed by atoms with Crippen LogP contribution in [0.2, 0.25) is 0 Å². The molecule has 0 radical (unpaired) electrons. The van der Waals surface area contributed by atoms with Gasteiger partial charge < -0.3 is 19.9 Å². The summed E-state index contributed by atoms with van der Waals surface area (Å²) in [6.07, 6.45) is 8.06. The number of methoxy groups -OCH3 is 1. The Kier molecular flexibility index (Phi) is 6.84. The molecule has 1 aliphatic carbocycles. The molecule has 2 N–H and O–H groups in total. The second-order valence-electron chi connectivity index (χ2n) is 9.58. The number of aromatic nitrogens is 4. The normalized spacial score (nSPS) is 14.4. The van der Waals surface area contributed by atoms with Gasteiger partial charge in [0.05, 0.1) is 13.4 Å². The quantitative estimate of drug-likeness (QED) is 0.309. The van der Waals surface area contributed by atoms with Crippen LogP contribution in [0.15, 0.2) is 54.9 Å². The minimum Gasteiger partial charge on any atom is -0.497 e. The van der Waals surface area contributed by atoms with Crippen LogP contribution in [0.3, 0.4) is 0 Å². The second kappa shape index (κ2) is 10.3. The third-order valence-corrected chi connectivity index (χ3v) is 6.73. The maximum absolute atomic E-state index is 5.36. The van der Waals surface area contributed by atoms with E-state index in [1.54, 1.807) is 7.11 Å². The lowest BCUT2D eigenvalue weighted by Crippen LogP contribution is -2.24. The molecule has 1 aliphatic rings. The van der Waals surface area contributed by atoms with Crippen LogP contribution in [-0.4, -0.2) is 32.7 Å². The molecule has 182 valence electrons. The molecule has 0 spiro atoms. The van der Waals surface area contributed by atoms with E-state index in [1.165, 1.54) is 37.7 Å². The molecular weight excluding hydrogens is 436 g/mol. The summed E-state index contributed by atoms with van der Waals surface area (Å²) in [6.45, 7) is 4.95. The second-order valence-corrected chi connectivity index (χ2v) is 9.58. The maximum Gasteiger partial charge on any atom is 0.227 e. The smallest absolute Gasteiger partial charge is 0.227 e. The third-order valence-electron chi connectivity index (χ3n) is 6.73. The Bertz CT molecular complexity index is 1270. The summed E-state index contributed by atoms with van der Waals surface area (Å²) in [4.78, 5) is 14.3. The Labute approximate surface area is 207 Å². The van der Waals surface area contributed by atoms with Crippen LogP contribution in [0.5, 0.6) is 5.75 Å². The largest absolute Gasteiger partial charge is 0.497 e. The number of hydrogen-bond acceptors (Lipinski definition) is 6. The molecule has 0 amide bonds. The predicted molar refractivity (Wildman–Crippen MR) is 142 cm³/mol. The van der Waals surface area contributed by atoms with Gasteiger partial charge in [0.1, 0.15) is 5.75 Å². The lowest BCUT2D eigenvalue weighted by atomic mass is 9.96. The Morgan fingerprint density at radius 3 is 2.54 bits per heavy atom. The lowest BCUT2D eigenvalue weighted by molar-refractivity contribution is 0.415. The van der Waals surface area contributed by atoms with Crippen molar-refractivity contribution in [2.75, 3.05) is 17.7 Å². The van der Waals surface area contributed by atoms with Crippen molar-refractivity contribution in [3.63, 3.8) is 0 Å². The highest BCUT2D eigenvalue weighted by molar-refractivity contribution is 5.84. The van der Waals surface area contributed by atoms with Crippen LogP contribution in [0.1, 0.15) is 57.6 Å². The number of hydrogen-bond donors (Lipinski definition) is 2. The molecule has 1 saturated carbocycles. The highest BCUT2D eigenvalue weighted by Crippen LogP contribution is 2.27. The Morgan fingerprint density at radius 2 is 1.80 bits per heavy atom. The van der Waals surface area contributed by atoms with Gasteiger partial charge in [0, 0.05) is 18.6 Å². The number of rotatable bonds is 8. The van der Waals surface area contributed by atoms with Crippen LogP contribution < -0.4 is 15.4 Å². The van der Waals surface area contributed by atoms with Crippen molar-refractivity contribution in [3.05, 3.63) is 60.4 Å². The van der Waals surface area contributed by atoms with Crippen LogP contribution in [0, 0.1) is 0 Å². The fraction of sp³-hybridized carbons (Fsp3) is 0.393. The first-order chi connectivity index (χ1) is 17.1. The van der Waals surface area contributed by atoms with Crippen molar-refractivity contribution in [1.82, 2.24) is 19.5 Å². The van der Waals surface area contributed by atoms with Gasteiger partial charge in [-0.2, -0.15) is 9.97 Å². The third kappa shape index (κ3) is 5.24. The van der Waals surface area contributed by atoms with Gasteiger partial charge in [-0.05, 0) is 55.5 Å². The molecule has 2 aromatic carbocycles. The molecule has 0 saturated heterocycles. The number of imidazole rings is 1. The summed E-state index contributed by atoms with van der Waals surface area (Å²) in [5.41, 5.74) is 5.14. The fourth-order valence-electron chi connectivity index (χ4n) is 4.72. The van der Waals surface area contributed by atoms with Crippen LogP contribution in [0.25, 0.3) is 22.3 Å². The molecule has 0 bridgehead atoms. The molecule has 4 aromatic rings. The zero-order valence-corrected chi connectivity index (χ0v) is 20.8. The molecule has 0 aliphatic heterocycles. The first-order valence-electron chi connectivity index (χ1n) is 12.6. The van der Waals surface area contributed by atoms with Crippen LogP contribution >= 0.6 is 0 Å². The number of benzene rings is 2. The molecule has 7 heteroatoms. The van der Waals surface area contributed by atoms with E-state index in [-0.39, 0.29) is 6.04 Å². The van der Waals surface area contributed by atoms with E-state index >= 15 is 0 Å². The molecular formula is C28H34N6O. The van der Waals surface area contributed by atoms with Crippen molar-refractivity contribution < 1.29 is 4.74 Å². The van der Waals surface area contributed by atoms with Gasteiger partial charge in [-0.15, -0.1) is 0 Å². The summed E-state index contributed by atoms with van der Waals surface area (Å²) < 4.78 is 7.47. The predicted octanol–water partition coefficient (Wildman–Crippen LogP) is 6.44. The molecule has 35 heavy (non-hydrogen) atoms. The van der Waals surface area contributed by atoms with Crippen molar-refractivity contribution >= 4 is 22.9 Å². The van der Waals surface area contributed by atoms with Crippen molar-refractivity contribution in [2.24, 2.45) is 0 Å². The summed E-state index contributed by atoms with van der Waals surface area (Å²) in [5.74, 6) is 2.31. The number of fused-ring (bicyclic) bond motifs is 1. The van der Waals surface area contributed by atoms with E-state index in [4.69, 9.17) is 14.7 Å². The van der Waals surface area contributed by atoms with E-state index < -0.39 is 0 Å². The van der Waals surface area contributed by atoms with E-state index in [0.717, 1.165) is 33.9 Å². The fourth-order valence-corrected chi connectivity index (χ4v) is 4.72. The van der Waals surface area contributed by atoms with Crippen LogP contribution in [0.4, 0.5) is 11.8 Å². The van der Waals surface area contributed by atoms with E-state index in [1.807, 2.05) is 18.5 Å². The average molecular weight is 471 g/mol. The zero-order valence-electron chi connectivity index (χ0n) is 20.8. The molecule has 2 heterocycles. The number of nitrogens with one attached hydrogen (secondary N) is 2. The van der Waals surface area contributed by atoms with Gasteiger partial charge >= 0.3 is 0 Å². The molecule has 0 unspecified atom stereocenters. The topological polar surface area (TPSA) is 76.9 Å². The molecule has 1 fully saturated rings. The van der Waals surface area contributed by atoms with Gasteiger partial charge in [-0.3, -0.25) is 0 Å². The SMILES string of the molecule is COc1cccc(-c2ccc(CNc3nc(NC4CCCCC4)nc4c3ncn4C(C)C)cc2)c1. The van der Waals surface area contributed by atoms with Crippen LogP contribution in [-0.2, 0) is 6.54 Å². The summed E-state index contributed by atoms with van der Waals surface area (Å²) in [6, 6.07) is 17.4. The first kappa shape index (κ1) is 23.1. The Balaban J connectivity index is 1.36. The number of nitrogens with zero attached hydrogens (tertiary/aromatic N) is 4. The lowest BCUT2D eigenvalue weighted by Gasteiger charge is -2.23. The maximum atomic E-state index is 5.36. The molecule has 7 nitrogen and oxygen atoms in total. The van der Waals surface area contributed by atoms with Crippen molar-refractivity contribution in [2.45, 2.75) is 64.6 Å². The monoisotopic (exact) mass is 470 g/mol. The Morgan fingerprint density at radius 1 is 1.00 bits per heavy atom. The molecule has 0 atom stereocenters. The summed E-state index contributed by atoms with van der Waals surface area (Å²) >= 11 is 0. The highest BCUT2D eigenvalue weighted by atomic mass is 16.5. The summed E-state index contributed by atoms with van der Waals surface area (Å²) in [5, 5.41) is 7.11. The number of ether oxygens (including phenoxy) is 1. The minimum absolute atomic E-state index is 0.273. The van der Waals surface area contributed by atoms with Gasteiger partial charge in [0.15, 0.2) is 17.0 Å². The molecule has 2 aromatic heterocycles. The first-order valence-corrected chi connectivity index (χ1v) is 12.6. The van der Waals surface area contributed by atoms with E-state index in [0.29, 0.717) is 18.5 Å². The van der Waals surface area contributed by atoms with Gasteiger partial charge in [0.2, 0.25) is 5.95 Å². The number of anilines is 2. The van der Waals surface area contributed by atoms with E-state index in [9.17, 15) is 0 Å². The van der Waals surface area contributed by atoms with Crippen molar-refractivity contribution in [1.29, 1.82) is 0 Å².